The van der Waals surface area contributed by atoms with E-state index in [2.05, 4.69) is 6.92 Å². The number of Topliss-reactive ketones (excluding diaryl/α,β-unsaturated/α-hetero) is 1. The number of ketones is 1. The molecule has 1 aliphatic rings. The molecule has 0 spiro atoms. The first-order chi connectivity index (χ1) is 8.22. The van der Waals surface area contributed by atoms with Gasteiger partial charge in [0.2, 0.25) is 0 Å². The average molecular weight is 231 g/mol. The van der Waals surface area contributed by atoms with Gasteiger partial charge in [0.25, 0.3) is 0 Å². The predicted octanol–water partition coefficient (Wildman–Crippen LogP) is 3.67. The van der Waals surface area contributed by atoms with E-state index >= 15 is 0 Å². The second-order valence-electron chi connectivity index (χ2n) is 5.09. The van der Waals surface area contributed by atoms with Crippen molar-refractivity contribution in [2.45, 2.75) is 39.0 Å². The highest BCUT2D eigenvalue weighted by atomic mass is 16.1. The van der Waals surface area contributed by atoms with Crippen LogP contribution in [0.1, 0.15) is 49.4 Å². The Morgan fingerprint density at radius 2 is 2.12 bits per heavy atom. The van der Waals surface area contributed by atoms with E-state index in [9.17, 15) is 4.79 Å². The summed E-state index contributed by atoms with van der Waals surface area (Å²) in [5, 5.41) is 0. The van der Waals surface area contributed by atoms with Crippen molar-refractivity contribution in [3.63, 3.8) is 0 Å². The third kappa shape index (κ3) is 2.68. The van der Waals surface area contributed by atoms with E-state index in [1.54, 1.807) is 0 Å². The number of nitrogens with two attached hydrogens (primary N) is 1. The summed E-state index contributed by atoms with van der Waals surface area (Å²) in [5.41, 5.74) is 7.21. The molecule has 92 valence electrons. The molecular formula is C15H21NO. The Hall–Kier alpha value is -1.31. The normalized spacial score (nSPS) is 24.5. The number of anilines is 1. The molecule has 0 amide bonds. The molecule has 1 saturated carbocycles. The highest BCUT2D eigenvalue weighted by molar-refractivity contribution is 6.02. The largest absolute Gasteiger partial charge is 0.398 e. The van der Waals surface area contributed by atoms with Crippen LogP contribution in [0.2, 0.25) is 0 Å². The zero-order chi connectivity index (χ0) is 12.3. The number of para-hydroxylation sites is 1. The highest BCUT2D eigenvalue weighted by Gasteiger charge is 2.27. The molecule has 17 heavy (non-hydrogen) atoms. The lowest BCUT2D eigenvalue weighted by Crippen LogP contribution is -2.23. The van der Waals surface area contributed by atoms with Crippen LogP contribution in [-0.2, 0) is 0 Å². The van der Waals surface area contributed by atoms with E-state index in [1.807, 2.05) is 24.3 Å². The van der Waals surface area contributed by atoms with Crippen LogP contribution in [0.5, 0.6) is 0 Å². The number of benzene rings is 1. The third-order valence-corrected chi connectivity index (χ3v) is 3.96. The summed E-state index contributed by atoms with van der Waals surface area (Å²) in [7, 11) is 0. The minimum Gasteiger partial charge on any atom is -0.398 e. The van der Waals surface area contributed by atoms with Gasteiger partial charge >= 0.3 is 0 Å². The Morgan fingerprint density at radius 3 is 2.82 bits per heavy atom. The summed E-state index contributed by atoms with van der Waals surface area (Å²) in [6.45, 7) is 2.22. The Morgan fingerprint density at radius 1 is 1.35 bits per heavy atom. The maximum atomic E-state index is 12.4. The topological polar surface area (TPSA) is 43.1 Å². The lowest BCUT2D eigenvalue weighted by Gasteiger charge is -2.27. The second-order valence-corrected chi connectivity index (χ2v) is 5.09. The van der Waals surface area contributed by atoms with Gasteiger partial charge in [-0.05, 0) is 30.9 Å². The van der Waals surface area contributed by atoms with Crippen molar-refractivity contribution in [3.8, 4) is 0 Å². The molecule has 2 atom stereocenters. The van der Waals surface area contributed by atoms with Crippen molar-refractivity contribution in [3.05, 3.63) is 29.8 Å². The van der Waals surface area contributed by atoms with Crippen LogP contribution in [-0.4, -0.2) is 5.78 Å². The number of rotatable bonds is 3. The fourth-order valence-corrected chi connectivity index (χ4v) is 2.84. The average Bonchev–Trinajstić information content (AvgIpc) is 2.38. The third-order valence-electron chi connectivity index (χ3n) is 3.96. The predicted molar refractivity (Wildman–Crippen MR) is 70.9 cm³/mol. The summed E-state index contributed by atoms with van der Waals surface area (Å²) < 4.78 is 0. The molecule has 2 unspecified atom stereocenters. The van der Waals surface area contributed by atoms with Crippen LogP contribution in [0, 0.1) is 11.8 Å². The van der Waals surface area contributed by atoms with E-state index in [4.69, 9.17) is 5.73 Å². The molecule has 0 bridgehead atoms. The van der Waals surface area contributed by atoms with Gasteiger partial charge in [-0.2, -0.15) is 0 Å². The Bertz CT molecular complexity index is 400. The van der Waals surface area contributed by atoms with Crippen molar-refractivity contribution < 1.29 is 4.79 Å². The van der Waals surface area contributed by atoms with Gasteiger partial charge in [0.15, 0.2) is 5.78 Å². The molecule has 2 heteroatoms. The van der Waals surface area contributed by atoms with Gasteiger partial charge in [0, 0.05) is 17.2 Å². The summed E-state index contributed by atoms with van der Waals surface area (Å²) in [6, 6.07) is 7.44. The number of carbonyl (C=O) groups is 1. The summed E-state index contributed by atoms with van der Waals surface area (Å²) in [5.74, 6) is 1.17. The second kappa shape index (κ2) is 5.35. The maximum Gasteiger partial charge on any atom is 0.168 e. The summed E-state index contributed by atoms with van der Waals surface area (Å²) in [4.78, 5) is 12.4. The van der Waals surface area contributed by atoms with Crippen LogP contribution < -0.4 is 5.73 Å². The zero-order valence-corrected chi connectivity index (χ0v) is 10.5. The van der Waals surface area contributed by atoms with Gasteiger partial charge in [0.05, 0.1) is 0 Å². The van der Waals surface area contributed by atoms with Crippen LogP contribution in [0.4, 0.5) is 5.69 Å². The van der Waals surface area contributed by atoms with Crippen molar-refractivity contribution in [1.82, 2.24) is 0 Å². The molecule has 1 aromatic rings. The van der Waals surface area contributed by atoms with Gasteiger partial charge < -0.3 is 5.73 Å². The number of nitrogen functional groups attached to an aromatic ring is 1. The molecule has 0 aliphatic heterocycles. The molecule has 0 aromatic heterocycles. The van der Waals surface area contributed by atoms with Crippen LogP contribution in [0.25, 0.3) is 0 Å². The summed E-state index contributed by atoms with van der Waals surface area (Å²) >= 11 is 0. The fourth-order valence-electron chi connectivity index (χ4n) is 2.84. The lowest BCUT2D eigenvalue weighted by atomic mass is 9.77. The Labute approximate surface area is 103 Å². The smallest absolute Gasteiger partial charge is 0.168 e. The summed E-state index contributed by atoms with van der Waals surface area (Å²) in [6.07, 6.45) is 5.73. The molecule has 2 nitrogen and oxygen atoms in total. The molecule has 0 saturated heterocycles. The maximum absolute atomic E-state index is 12.4. The van der Waals surface area contributed by atoms with E-state index in [-0.39, 0.29) is 11.7 Å². The van der Waals surface area contributed by atoms with Crippen LogP contribution in [0.15, 0.2) is 24.3 Å². The van der Waals surface area contributed by atoms with Crippen molar-refractivity contribution in [1.29, 1.82) is 0 Å². The first-order valence-electron chi connectivity index (χ1n) is 6.61. The molecular weight excluding hydrogens is 210 g/mol. The van der Waals surface area contributed by atoms with Crippen LogP contribution >= 0.6 is 0 Å². The number of hydrogen-bond donors (Lipinski definition) is 1. The van der Waals surface area contributed by atoms with Crippen LogP contribution in [0.3, 0.4) is 0 Å². The quantitative estimate of drug-likeness (QED) is 0.637. The number of carbonyl (C=O) groups excluding carboxylic acids is 1. The van der Waals surface area contributed by atoms with Gasteiger partial charge in [-0.15, -0.1) is 0 Å². The van der Waals surface area contributed by atoms with E-state index in [0.717, 1.165) is 18.8 Å². The zero-order valence-electron chi connectivity index (χ0n) is 10.5. The molecule has 1 aliphatic carbocycles. The molecule has 1 aromatic carbocycles. The molecule has 1 fully saturated rings. The van der Waals surface area contributed by atoms with Gasteiger partial charge in [-0.25, -0.2) is 0 Å². The van der Waals surface area contributed by atoms with E-state index in [1.165, 1.54) is 19.3 Å². The number of hydrogen-bond acceptors (Lipinski definition) is 2. The SMILES string of the molecule is CCC1CCCC(C(=O)c2ccccc2N)C1. The van der Waals surface area contributed by atoms with Crippen molar-refractivity contribution >= 4 is 11.5 Å². The van der Waals surface area contributed by atoms with Crippen molar-refractivity contribution in [2.75, 3.05) is 5.73 Å². The Balaban J connectivity index is 2.12. The lowest BCUT2D eigenvalue weighted by molar-refractivity contribution is 0.0863. The fraction of sp³-hybridized carbons (Fsp3) is 0.533. The molecule has 0 radical (unpaired) electrons. The monoisotopic (exact) mass is 231 g/mol. The highest BCUT2D eigenvalue weighted by Crippen LogP contribution is 2.33. The standard InChI is InChI=1S/C15H21NO/c1-2-11-6-5-7-12(10-11)15(17)13-8-3-4-9-14(13)16/h3-4,8-9,11-12H,2,5-7,10,16H2,1H3. The van der Waals surface area contributed by atoms with E-state index in [0.29, 0.717) is 11.3 Å². The minimum absolute atomic E-state index is 0.193. The molecule has 2 N–H and O–H groups in total. The molecule has 2 rings (SSSR count). The van der Waals surface area contributed by atoms with Gasteiger partial charge in [-0.3, -0.25) is 4.79 Å². The van der Waals surface area contributed by atoms with Crippen molar-refractivity contribution in [2.24, 2.45) is 11.8 Å². The van der Waals surface area contributed by atoms with E-state index < -0.39 is 0 Å². The first kappa shape index (κ1) is 12.2. The van der Waals surface area contributed by atoms with Gasteiger partial charge in [0.1, 0.15) is 0 Å². The Kier molecular flexibility index (Phi) is 3.82. The minimum atomic E-state index is 0.193. The first-order valence-corrected chi connectivity index (χ1v) is 6.61. The molecule has 0 heterocycles. The van der Waals surface area contributed by atoms with Gasteiger partial charge in [-0.1, -0.05) is 38.3 Å².